The standard InChI is InChI=1S/C23H37O2Si/c1-25-17-7-3-6-14-23(20-10-12-21(24)13-11-20)15-18-26(19-16-23)22-8-4-2-5-9-22/h2,4-5,8-9,20-21,24H,3,6-7,10-19H2,1H3. The minimum Gasteiger partial charge on any atom is -0.393 e. The molecule has 0 atom stereocenters. The zero-order valence-corrected chi connectivity index (χ0v) is 17.6. The SMILES string of the molecule is COCCCCCC1(C2CCC(O)CC2)CC[Si](c2ccccc2)CC1. The van der Waals surface area contributed by atoms with E-state index in [1.807, 2.05) is 7.11 Å². The first-order valence-corrected chi connectivity index (χ1v) is 12.7. The molecule has 1 saturated heterocycles. The van der Waals surface area contributed by atoms with Crippen LogP contribution in [0.15, 0.2) is 30.3 Å². The number of aliphatic hydroxyl groups is 1. The summed E-state index contributed by atoms with van der Waals surface area (Å²) < 4.78 is 5.23. The largest absolute Gasteiger partial charge is 0.393 e. The molecule has 0 amide bonds. The van der Waals surface area contributed by atoms with Gasteiger partial charge in [0, 0.05) is 13.7 Å². The molecule has 2 aliphatic rings. The Labute approximate surface area is 162 Å². The smallest absolute Gasteiger partial charge is 0.0856 e. The molecule has 26 heavy (non-hydrogen) atoms. The molecular formula is C23H37O2Si. The molecule has 0 spiro atoms. The molecule has 1 aromatic carbocycles. The minimum absolute atomic E-state index is 0.0301. The first-order valence-electron chi connectivity index (χ1n) is 10.8. The zero-order chi connectivity index (χ0) is 18.2. The molecule has 0 bridgehead atoms. The molecule has 1 N–H and O–H groups in total. The van der Waals surface area contributed by atoms with Crippen LogP contribution in [0.25, 0.3) is 0 Å². The number of ether oxygens (including phenoxy) is 1. The van der Waals surface area contributed by atoms with E-state index in [9.17, 15) is 5.11 Å². The molecule has 145 valence electrons. The van der Waals surface area contributed by atoms with Crippen molar-refractivity contribution in [2.45, 2.75) is 82.4 Å². The third-order valence-electron chi connectivity index (χ3n) is 7.12. The molecule has 1 aliphatic carbocycles. The highest BCUT2D eigenvalue weighted by Gasteiger charge is 2.42. The van der Waals surface area contributed by atoms with Gasteiger partial charge in [0.25, 0.3) is 0 Å². The molecule has 1 saturated carbocycles. The highest BCUT2D eigenvalue weighted by atomic mass is 28.3. The van der Waals surface area contributed by atoms with Gasteiger partial charge in [-0.15, -0.1) is 0 Å². The quantitative estimate of drug-likeness (QED) is 0.517. The van der Waals surface area contributed by atoms with Gasteiger partial charge < -0.3 is 9.84 Å². The number of aliphatic hydroxyl groups excluding tert-OH is 1. The lowest BCUT2D eigenvalue weighted by Gasteiger charge is -2.48. The summed E-state index contributed by atoms with van der Waals surface area (Å²) in [5, 5.41) is 11.6. The average Bonchev–Trinajstić information content (AvgIpc) is 2.69. The van der Waals surface area contributed by atoms with Gasteiger partial charge in [0.05, 0.1) is 14.9 Å². The summed E-state index contributed by atoms with van der Waals surface area (Å²) >= 11 is 0. The minimum atomic E-state index is -0.352. The fraction of sp³-hybridized carbons (Fsp3) is 0.739. The van der Waals surface area contributed by atoms with E-state index in [1.165, 1.54) is 63.5 Å². The summed E-state index contributed by atoms with van der Waals surface area (Å²) in [5.41, 5.74) is 0.566. The maximum atomic E-state index is 9.96. The fourth-order valence-corrected chi connectivity index (χ4v) is 8.55. The predicted octanol–water partition coefficient (Wildman–Crippen LogP) is 4.93. The molecule has 1 heterocycles. The Morgan fingerprint density at radius 3 is 2.35 bits per heavy atom. The van der Waals surface area contributed by atoms with Gasteiger partial charge in [0.1, 0.15) is 0 Å². The van der Waals surface area contributed by atoms with Gasteiger partial charge in [0.15, 0.2) is 0 Å². The number of methoxy groups -OCH3 is 1. The zero-order valence-electron chi connectivity index (χ0n) is 16.6. The molecular weight excluding hydrogens is 336 g/mol. The maximum Gasteiger partial charge on any atom is 0.0856 e. The van der Waals surface area contributed by atoms with E-state index in [2.05, 4.69) is 30.3 Å². The average molecular weight is 374 g/mol. The van der Waals surface area contributed by atoms with E-state index < -0.39 is 0 Å². The third kappa shape index (κ3) is 5.21. The summed E-state index contributed by atoms with van der Waals surface area (Å²) in [5.74, 6) is 0.854. The second kappa shape index (κ2) is 10.1. The highest BCUT2D eigenvalue weighted by Crippen LogP contribution is 2.51. The van der Waals surface area contributed by atoms with E-state index in [0.29, 0.717) is 5.41 Å². The van der Waals surface area contributed by atoms with Crippen molar-refractivity contribution in [1.82, 2.24) is 0 Å². The van der Waals surface area contributed by atoms with Crippen LogP contribution in [0.2, 0.25) is 12.1 Å². The third-order valence-corrected chi connectivity index (χ3v) is 9.97. The van der Waals surface area contributed by atoms with E-state index in [0.717, 1.165) is 25.4 Å². The van der Waals surface area contributed by atoms with Crippen molar-refractivity contribution in [2.24, 2.45) is 11.3 Å². The van der Waals surface area contributed by atoms with Gasteiger partial charge in [-0.25, -0.2) is 0 Å². The maximum absolute atomic E-state index is 9.96. The van der Waals surface area contributed by atoms with E-state index in [-0.39, 0.29) is 14.9 Å². The van der Waals surface area contributed by atoms with Gasteiger partial charge in [-0.05, 0) is 62.7 Å². The van der Waals surface area contributed by atoms with Crippen molar-refractivity contribution >= 4 is 14.0 Å². The Morgan fingerprint density at radius 2 is 1.69 bits per heavy atom. The second-order valence-corrected chi connectivity index (χ2v) is 11.4. The molecule has 1 aliphatic heterocycles. The number of benzene rings is 1. The second-order valence-electron chi connectivity index (χ2n) is 8.64. The topological polar surface area (TPSA) is 29.5 Å². The lowest BCUT2D eigenvalue weighted by Crippen LogP contribution is -2.43. The van der Waals surface area contributed by atoms with Crippen molar-refractivity contribution < 1.29 is 9.84 Å². The first kappa shape index (κ1) is 20.1. The van der Waals surface area contributed by atoms with Crippen LogP contribution in [0.5, 0.6) is 0 Å². The van der Waals surface area contributed by atoms with Crippen LogP contribution >= 0.6 is 0 Å². The van der Waals surface area contributed by atoms with E-state index in [4.69, 9.17) is 4.74 Å². The van der Waals surface area contributed by atoms with Crippen LogP contribution in [-0.4, -0.2) is 33.7 Å². The summed E-state index contributed by atoms with van der Waals surface area (Å²) in [6, 6.07) is 14.2. The van der Waals surface area contributed by atoms with Crippen LogP contribution < -0.4 is 5.19 Å². The van der Waals surface area contributed by atoms with Crippen LogP contribution in [0.1, 0.15) is 64.2 Å². The number of hydrogen-bond donors (Lipinski definition) is 1. The summed E-state index contributed by atoms with van der Waals surface area (Å²) in [6.07, 6.45) is 12.7. The fourth-order valence-electron chi connectivity index (χ4n) is 5.46. The van der Waals surface area contributed by atoms with Gasteiger partial charge in [-0.1, -0.05) is 60.4 Å². The van der Waals surface area contributed by atoms with E-state index >= 15 is 0 Å². The molecule has 0 unspecified atom stereocenters. The van der Waals surface area contributed by atoms with Crippen LogP contribution in [0, 0.1) is 11.3 Å². The summed E-state index contributed by atoms with van der Waals surface area (Å²) in [7, 11) is 1.46. The molecule has 1 radical (unpaired) electrons. The Morgan fingerprint density at radius 1 is 1.00 bits per heavy atom. The number of unbranched alkanes of at least 4 members (excludes halogenated alkanes) is 2. The first-order chi connectivity index (χ1) is 12.7. The molecule has 3 rings (SSSR count). The Balaban J connectivity index is 1.60. The van der Waals surface area contributed by atoms with Gasteiger partial charge in [0.2, 0.25) is 0 Å². The normalized spacial score (nSPS) is 26.7. The molecule has 3 heteroatoms. The highest BCUT2D eigenvalue weighted by molar-refractivity contribution is 6.73. The Bertz CT molecular complexity index is 502. The van der Waals surface area contributed by atoms with Gasteiger partial charge >= 0.3 is 0 Å². The van der Waals surface area contributed by atoms with Gasteiger partial charge in [-0.3, -0.25) is 0 Å². The molecule has 0 aromatic heterocycles. The summed E-state index contributed by atoms with van der Waals surface area (Å²) in [6.45, 7) is 0.907. The van der Waals surface area contributed by atoms with Crippen LogP contribution in [-0.2, 0) is 4.74 Å². The molecule has 1 aromatic rings. The van der Waals surface area contributed by atoms with Crippen molar-refractivity contribution in [3.05, 3.63) is 30.3 Å². The van der Waals surface area contributed by atoms with Crippen molar-refractivity contribution in [1.29, 1.82) is 0 Å². The predicted molar refractivity (Wildman–Crippen MR) is 111 cm³/mol. The van der Waals surface area contributed by atoms with Crippen molar-refractivity contribution in [3.63, 3.8) is 0 Å². The number of rotatable bonds is 8. The van der Waals surface area contributed by atoms with Crippen molar-refractivity contribution in [2.75, 3.05) is 13.7 Å². The molecule has 2 fully saturated rings. The van der Waals surface area contributed by atoms with E-state index in [1.54, 1.807) is 5.19 Å². The lowest BCUT2D eigenvalue weighted by atomic mass is 9.63. The monoisotopic (exact) mass is 373 g/mol. The Kier molecular flexibility index (Phi) is 7.77. The lowest BCUT2D eigenvalue weighted by molar-refractivity contribution is 0.0337. The van der Waals surface area contributed by atoms with Crippen LogP contribution in [0.3, 0.4) is 0 Å². The number of hydrogen-bond acceptors (Lipinski definition) is 2. The summed E-state index contributed by atoms with van der Waals surface area (Å²) in [4.78, 5) is 0. The van der Waals surface area contributed by atoms with Gasteiger partial charge in [-0.2, -0.15) is 0 Å². The van der Waals surface area contributed by atoms with Crippen molar-refractivity contribution in [3.8, 4) is 0 Å². The molecule has 2 nitrogen and oxygen atoms in total. The Hall–Kier alpha value is -0.643. The van der Waals surface area contributed by atoms with Crippen LogP contribution in [0.4, 0.5) is 0 Å².